The lowest BCUT2D eigenvalue weighted by Crippen LogP contribution is -2.20. The Bertz CT molecular complexity index is 540. The highest BCUT2D eigenvalue weighted by Gasteiger charge is 2.32. The third-order valence-electron chi connectivity index (χ3n) is 2.64. The molecule has 0 heterocycles. The van der Waals surface area contributed by atoms with Crippen LogP contribution in [0.2, 0.25) is 0 Å². The third kappa shape index (κ3) is 3.48. The smallest absolute Gasteiger partial charge is 0.405 e. The lowest BCUT2D eigenvalue weighted by atomic mass is 9.99. The number of hydrogen-bond donors (Lipinski definition) is 1. The predicted octanol–water partition coefficient (Wildman–Crippen LogP) is 3.63. The summed E-state index contributed by atoms with van der Waals surface area (Å²) in [6, 6.07) is 14.1. The Morgan fingerprint density at radius 3 is 2.11 bits per heavy atom. The topological polar surface area (TPSA) is 35.2 Å². The summed E-state index contributed by atoms with van der Waals surface area (Å²) in [6.07, 6.45) is -4.73. The van der Waals surface area contributed by atoms with Crippen molar-refractivity contribution >= 4 is 0 Å². The lowest BCUT2D eigenvalue weighted by Gasteiger charge is -2.18. The molecule has 100 valence electrons. The van der Waals surface area contributed by atoms with Gasteiger partial charge in [-0.2, -0.15) is 0 Å². The number of halogens is 3. The molecule has 0 aliphatic rings. The molecule has 1 atom stereocenters. The van der Waals surface area contributed by atoms with Crippen LogP contribution in [0.5, 0.6) is 5.75 Å². The number of rotatable bonds is 3. The predicted molar refractivity (Wildman–Crippen MR) is 65.6 cm³/mol. The second-order valence-electron chi connectivity index (χ2n) is 3.97. The molecular formula is C14H12F3NO. The van der Waals surface area contributed by atoms with Crippen molar-refractivity contribution in [2.45, 2.75) is 12.4 Å². The molecule has 0 radical (unpaired) electrons. The molecule has 0 fully saturated rings. The number of para-hydroxylation sites is 1. The van der Waals surface area contributed by atoms with Crippen LogP contribution in [0.3, 0.4) is 0 Å². The molecule has 0 bridgehead atoms. The molecular weight excluding hydrogens is 255 g/mol. The molecule has 5 heteroatoms. The number of hydrogen-bond acceptors (Lipinski definition) is 2. The van der Waals surface area contributed by atoms with E-state index in [9.17, 15) is 13.2 Å². The second-order valence-corrected chi connectivity index (χ2v) is 3.97. The molecule has 0 aromatic heterocycles. The van der Waals surface area contributed by atoms with E-state index in [1.54, 1.807) is 30.3 Å². The Morgan fingerprint density at radius 2 is 1.47 bits per heavy atom. The summed E-state index contributed by atoms with van der Waals surface area (Å²) in [5.41, 5.74) is 7.01. The average Bonchev–Trinajstić information content (AvgIpc) is 2.38. The number of alkyl halides is 3. The Hall–Kier alpha value is -2.01. The summed E-state index contributed by atoms with van der Waals surface area (Å²) in [4.78, 5) is 0. The van der Waals surface area contributed by atoms with Gasteiger partial charge in [0.25, 0.3) is 0 Å². The van der Waals surface area contributed by atoms with Crippen LogP contribution in [-0.2, 0) is 0 Å². The van der Waals surface area contributed by atoms with E-state index in [0.717, 1.165) is 5.56 Å². The van der Waals surface area contributed by atoms with Crippen LogP contribution >= 0.6 is 0 Å². The van der Waals surface area contributed by atoms with Crippen LogP contribution in [0, 0.1) is 0 Å². The van der Waals surface area contributed by atoms with Crippen molar-refractivity contribution in [2.75, 3.05) is 0 Å². The first kappa shape index (κ1) is 13.4. The summed E-state index contributed by atoms with van der Waals surface area (Å²) >= 11 is 0. The molecule has 19 heavy (non-hydrogen) atoms. The summed E-state index contributed by atoms with van der Waals surface area (Å²) < 4.78 is 41.0. The van der Waals surface area contributed by atoms with Crippen molar-refractivity contribution in [3.63, 3.8) is 0 Å². The third-order valence-corrected chi connectivity index (χ3v) is 2.64. The van der Waals surface area contributed by atoms with E-state index in [2.05, 4.69) is 4.74 Å². The van der Waals surface area contributed by atoms with Crippen LogP contribution in [0.25, 0.3) is 0 Å². The minimum atomic E-state index is -4.73. The normalized spacial score (nSPS) is 13.1. The number of nitrogens with two attached hydrogens (primary N) is 1. The molecule has 0 spiro atoms. The molecule has 2 aromatic carbocycles. The minimum absolute atomic E-state index is 0.272. The Kier molecular flexibility index (Phi) is 3.76. The molecule has 0 amide bonds. The zero-order chi connectivity index (χ0) is 13.9. The maximum absolute atomic E-state index is 12.3. The summed E-state index contributed by atoms with van der Waals surface area (Å²) in [5.74, 6) is -0.272. The zero-order valence-corrected chi connectivity index (χ0v) is 9.89. The fourth-order valence-corrected chi connectivity index (χ4v) is 1.80. The van der Waals surface area contributed by atoms with E-state index in [4.69, 9.17) is 5.73 Å². The van der Waals surface area contributed by atoms with Crippen LogP contribution < -0.4 is 10.5 Å². The van der Waals surface area contributed by atoms with Gasteiger partial charge in [-0.1, -0.05) is 48.5 Å². The first-order valence-corrected chi connectivity index (χ1v) is 5.62. The highest BCUT2D eigenvalue weighted by atomic mass is 19.4. The SMILES string of the molecule is NC(c1ccccc1)c1ccccc1OC(F)(F)F. The van der Waals surface area contributed by atoms with E-state index in [1.807, 2.05) is 6.07 Å². The molecule has 2 aromatic rings. The first-order chi connectivity index (χ1) is 8.97. The standard InChI is InChI=1S/C14H12F3NO/c15-14(16,17)19-12-9-5-4-8-11(12)13(18)10-6-2-1-3-7-10/h1-9,13H,18H2. The van der Waals surface area contributed by atoms with Gasteiger partial charge in [-0.25, -0.2) is 0 Å². The van der Waals surface area contributed by atoms with Crippen molar-refractivity contribution in [3.05, 3.63) is 65.7 Å². The molecule has 0 saturated carbocycles. The van der Waals surface area contributed by atoms with Gasteiger partial charge >= 0.3 is 6.36 Å². The summed E-state index contributed by atoms with van der Waals surface area (Å²) in [5, 5.41) is 0. The molecule has 0 aliphatic carbocycles. The van der Waals surface area contributed by atoms with Gasteiger partial charge in [0.2, 0.25) is 0 Å². The number of ether oxygens (including phenoxy) is 1. The Balaban J connectivity index is 2.35. The highest BCUT2D eigenvalue weighted by Crippen LogP contribution is 2.31. The van der Waals surface area contributed by atoms with E-state index in [-0.39, 0.29) is 5.75 Å². The molecule has 0 saturated heterocycles. The second kappa shape index (κ2) is 5.32. The van der Waals surface area contributed by atoms with Crippen LogP contribution in [0.15, 0.2) is 54.6 Å². The fourth-order valence-electron chi connectivity index (χ4n) is 1.80. The highest BCUT2D eigenvalue weighted by molar-refractivity contribution is 5.41. The molecule has 0 aliphatic heterocycles. The molecule has 2 nitrogen and oxygen atoms in total. The van der Waals surface area contributed by atoms with Gasteiger partial charge in [-0.15, -0.1) is 13.2 Å². The minimum Gasteiger partial charge on any atom is -0.405 e. The van der Waals surface area contributed by atoms with Crippen molar-refractivity contribution in [1.82, 2.24) is 0 Å². The van der Waals surface area contributed by atoms with Gasteiger partial charge in [0.15, 0.2) is 0 Å². The first-order valence-electron chi connectivity index (χ1n) is 5.62. The van der Waals surface area contributed by atoms with Gasteiger partial charge in [-0.3, -0.25) is 0 Å². The molecule has 2 N–H and O–H groups in total. The zero-order valence-electron chi connectivity index (χ0n) is 9.89. The molecule has 2 rings (SSSR count). The van der Waals surface area contributed by atoms with Gasteiger partial charge < -0.3 is 10.5 Å². The van der Waals surface area contributed by atoms with Gasteiger partial charge in [0, 0.05) is 5.56 Å². The number of benzene rings is 2. The van der Waals surface area contributed by atoms with Crippen molar-refractivity contribution in [2.24, 2.45) is 5.73 Å². The Labute approximate surface area is 108 Å². The lowest BCUT2D eigenvalue weighted by molar-refractivity contribution is -0.274. The van der Waals surface area contributed by atoms with Gasteiger partial charge in [-0.05, 0) is 11.6 Å². The average molecular weight is 267 g/mol. The van der Waals surface area contributed by atoms with Crippen LogP contribution in [-0.4, -0.2) is 6.36 Å². The summed E-state index contributed by atoms with van der Waals surface area (Å²) in [7, 11) is 0. The van der Waals surface area contributed by atoms with E-state index in [0.29, 0.717) is 5.56 Å². The maximum atomic E-state index is 12.3. The van der Waals surface area contributed by atoms with Crippen molar-refractivity contribution in [3.8, 4) is 5.75 Å². The monoisotopic (exact) mass is 267 g/mol. The van der Waals surface area contributed by atoms with Crippen LogP contribution in [0.4, 0.5) is 13.2 Å². The van der Waals surface area contributed by atoms with Gasteiger partial charge in [0.1, 0.15) is 5.75 Å². The van der Waals surface area contributed by atoms with E-state index in [1.165, 1.54) is 18.2 Å². The van der Waals surface area contributed by atoms with Crippen LogP contribution in [0.1, 0.15) is 17.2 Å². The largest absolute Gasteiger partial charge is 0.573 e. The van der Waals surface area contributed by atoms with Crippen molar-refractivity contribution < 1.29 is 17.9 Å². The van der Waals surface area contributed by atoms with Gasteiger partial charge in [0.05, 0.1) is 6.04 Å². The van der Waals surface area contributed by atoms with Crippen molar-refractivity contribution in [1.29, 1.82) is 0 Å². The quantitative estimate of drug-likeness (QED) is 0.921. The molecule has 1 unspecified atom stereocenters. The van der Waals surface area contributed by atoms with E-state index >= 15 is 0 Å². The van der Waals surface area contributed by atoms with E-state index < -0.39 is 12.4 Å². The summed E-state index contributed by atoms with van der Waals surface area (Å²) in [6.45, 7) is 0. The maximum Gasteiger partial charge on any atom is 0.573 e. The Morgan fingerprint density at radius 1 is 0.895 bits per heavy atom. The fraction of sp³-hybridized carbons (Fsp3) is 0.143.